The summed E-state index contributed by atoms with van der Waals surface area (Å²) in [6, 6.07) is 0. The molecule has 0 fully saturated rings. The molecule has 0 spiro atoms. The maximum Gasteiger partial charge on any atom is 2.00 e. The molecule has 0 bridgehead atoms. The second kappa shape index (κ2) is 12.1. The van der Waals surface area contributed by atoms with Gasteiger partial charge in [-0.3, -0.25) is 12.2 Å². The van der Waals surface area contributed by atoms with E-state index in [4.69, 9.17) is 0 Å². The molecule has 2 aliphatic carbocycles. The number of rotatable bonds is 0. The van der Waals surface area contributed by atoms with Crippen LogP contribution in [-0.2, 0) is 0 Å². The molecule has 0 radical (unpaired) electrons. The third-order valence-corrected chi connectivity index (χ3v) is 5.12. The zero-order valence-electron chi connectivity index (χ0n) is 17.3. The molecular weight excluding hydrogens is 572 g/mol. The van der Waals surface area contributed by atoms with Gasteiger partial charge in [0.15, 0.2) is 0 Å². The zero-order valence-corrected chi connectivity index (χ0v) is 24.9. The Morgan fingerprint density at radius 3 is 0.833 bits per heavy atom. The van der Waals surface area contributed by atoms with Crippen LogP contribution in [0, 0.1) is 54.1 Å². The van der Waals surface area contributed by atoms with Gasteiger partial charge in [0.2, 0.25) is 0 Å². The van der Waals surface area contributed by atoms with Crippen molar-refractivity contribution in [2.24, 2.45) is 10.8 Å². The molecule has 2 aliphatic rings. The van der Waals surface area contributed by atoms with E-state index in [9.17, 15) is 0 Å². The van der Waals surface area contributed by atoms with Crippen molar-refractivity contribution in [3.8, 4) is 0 Å². The number of hydrogen-bond acceptors (Lipinski definition) is 0. The summed E-state index contributed by atoms with van der Waals surface area (Å²) in [5.41, 5.74) is 8.79. The SMILES string of the molecule is CC1=[C-]C(C)(C)C(C)=C1C.CC1=[C-]C(C)(C)C(C)=C1C.[Cl-].[Cl-].[Na+].[U+2]. The second-order valence-electron chi connectivity index (χ2n) is 7.25. The molecule has 4 heteroatoms. The van der Waals surface area contributed by atoms with Gasteiger partial charge in [-0.25, -0.2) is 11.1 Å². The van der Waals surface area contributed by atoms with Crippen molar-refractivity contribution in [2.75, 3.05) is 0 Å². The molecule has 0 nitrogen and oxygen atoms in total. The summed E-state index contributed by atoms with van der Waals surface area (Å²) in [4.78, 5) is 0. The summed E-state index contributed by atoms with van der Waals surface area (Å²) in [7, 11) is 0. The Morgan fingerprint density at radius 2 is 0.792 bits per heavy atom. The first-order valence-electron chi connectivity index (χ1n) is 7.50. The standard InChI is InChI=1S/2C10H15.2ClH.Na.U/c2*1-7-6-10(4,5)9(3)8(7)2;;;;/h2*1-5H3;2*1H;;/q2*-1;;;+1;+2/p-2. The summed E-state index contributed by atoms with van der Waals surface area (Å²) >= 11 is 0. The maximum absolute atomic E-state index is 3.44. The predicted molar refractivity (Wildman–Crippen MR) is 89.2 cm³/mol. The molecule has 2 rings (SSSR count). The van der Waals surface area contributed by atoms with Crippen LogP contribution in [0.15, 0.2) is 33.4 Å². The summed E-state index contributed by atoms with van der Waals surface area (Å²) in [5, 5.41) is 0. The molecule has 0 saturated heterocycles. The van der Waals surface area contributed by atoms with Crippen LogP contribution in [0.2, 0.25) is 0 Å². The van der Waals surface area contributed by atoms with Crippen molar-refractivity contribution in [1.82, 2.24) is 0 Å². The van der Waals surface area contributed by atoms with Crippen LogP contribution in [0.3, 0.4) is 0 Å². The van der Waals surface area contributed by atoms with Gasteiger partial charge in [0.05, 0.1) is 0 Å². The van der Waals surface area contributed by atoms with Gasteiger partial charge in [0.1, 0.15) is 0 Å². The topological polar surface area (TPSA) is 0 Å². The molecule has 0 unspecified atom stereocenters. The van der Waals surface area contributed by atoms with Crippen LogP contribution in [-0.4, -0.2) is 0 Å². The van der Waals surface area contributed by atoms with Crippen LogP contribution < -0.4 is 54.4 Å². The molecule has 0 amide bonds. The second-order valence-corrected chi connectivity index (χ2v) is 7.25. The van der Waals surface area contributed by atoms with Crippen molar-refractivity contribution >= 4 is 0 Å². The van der Waals surface area contributed by atoms with Gasteiger partial charge in [0.25, 0.3) is 0 Å². The molecule has 0 aromatic carbocycles. The first-order chi connectivity index (χ1) is 8.90. The first-order valence-corrected chi connectivity index (χ1v) is 7.50. The minimum atomic E-state index is 0. The minimum Gasteiger partial charge on any atom is -1.00 e. The third kappa shape index (κ3) is 7.68. The van der Waals surface area contributed by atoms with E-state index in [0.717, 1.165) is 0 Å². The average molecular weight is 602 g/mol. The normalized spacial score (nSPS) is 19.6. The monoisotopic (exact) mass is 601 g/mol. The van der Waals surface area contributed by atoms with Crippen LogP contribution >= 0.6 is 0 Å². The van der Waals surface area contributed by atoms with Gasteiger partial charge in [-0.05, 0) is 0 Å². The van der Waals surface area contributed by atoms with Crippen molar-refractivity contribution < 1.29 is 85.5 Å². The Morgan fingerprint density at radius 1 is 0.583 bits per heavy atom. The Hall–Kier alpha value is 1.59. The summed E-state index contributed by atoms with van der Waals surface area (Å²) in [6.07, 6.45) is 6.87. The number of allylic oxidation sites excluding steroid dienone is 8. The van der Waals surface area contributed by atoms with E-state index in [1.54, 1.807) is 0 Å². The van der Waals surface area contributed by atoms with Crippen LogP contribution in [0.4, 0.5) is 0 Å². The fourth-order valence-electron chi connectivity index (χ4n) is 2.81. The van der Waals surface area contributed by atoms with Crippen molar-refractivity contribution in [3.63, 3.8) is 0 Å². The van der Waals surface area contributed by atoms with Crippen molar-refractivity contribution in [2.45, 2.75) is 69.2 Å². The first kappa shape index (κ1) is 33.2. The fourth-order valence-corrected chi connectivity index (χ4v) is 2.81. The number of hydrogen-bond donors (Lipinski definition) is 0. The molecule has 0 aromatic rings. The van der Waals surface area contributed by atoms with E-state index in [2.05, 4.69) is 81.4 Å². The van der Waals surface area contributed by atoms with Gasteiger partial charge in [-0.15, -0.1) is 13.8 Å². The van der Waals surface area contributed by atoms with E-state index in [1.807, 2.05) is 0 Å². The van der Waals surface area contributed by atoms with Gasteiger partial charge in [0, 0.05) is 0 Å². The van der Waals surface area contributed by atoms with Gasteiger partial charge in [-0.1, -0.05) is 66.2 Å². The van der Waals surface area contributed by atoms with Gasteiger partial charge < -0.3 is 24.8 Å². The Kier molecular flexibility index (Phi) is 16.8. The van der Waals surface area contributed by atoms with Crippen LogP contribution in [0.1, 0.15) is 69.2 Å². The molecule has 0 aliphatic heterocycles. The molecular formula is C20H30Cl2NaU-. The Labute approximate surface area is 209 Å². The molecule has 0 saturated carbocycles. The molecule has 0 heterocycles. The van der Waals surface area contributed by atoms with Gasteiger partial charge in [-0.2, -0.15) is 22.3 Å². The molecule has 24 heavy (non-hydrogen) atoms. The smallest absolute Gasteiger partial charge is 1.00 e. The largest absolute Gasteiger partial charge is 2.00 e. The Balaban J connectivity index is -0.000000143. The van der Waals surface area contributed by atoms with E-state index in [1.165, 1.54) is 33.4 Å². The van der Waals surface area contributed by atoms with Crippen LogP contribution in [0.5, 0.6) is 0 Å². The summed E-state index contributed by atoms with van der Waals surface area (Å²) in [6.45, 7) is 21.8. The quantitative estimate of drug-likeness (QED) is 0.209. The van der Waals surface area contributed by atoms with E-state index >= 15 is 0 Å². The van der Waals surface area contributed by atoms with E-state index in [-0.39, 0.29) is 96.3 Å². The molecule has 0 N–H and O–H groups in total. The van der Waals surface area contributed by atoms with Crippen LogP contribution in [0.25, 0.3) is 0 Å². The Bertz CT molecular complexity index is 500. The van der Waals surface area contributed by atoms with Crippen molar-refractivity contribution in [1.29, 1.82) is 0 Å². The van der Waals surface area contributed by atoms with E-state index in [0.29, 0.717) is 0 Å². The van der Waals surface area contributed by atoms with Crippen molar-refractivity contribution in [3.05, 3.63) is 45.6 Å². The zero-order chi connectivity index (χ0) is 15.9. The molecule has 130 valence electrons. The van der Waals surface area contributed by atoms with Gasteiger partial charge >= 0.3 is 60.7 Å². The fraction of sp³-hybridized carbons (Fsp3) is 0.600. The summed E-state index contributed by atoms with van der Waals surface area (Å²) in [5.74, 6) is 0. The molecule has 0 atom stereocenters. The maximum atomic E-state index is 3.44. The average Bonchev–Trinajstić information content (AvgIpc) is 2.60. The van der Waals surface area contributed by atoms with E-state index < -0.39 is 0 Å². The number of halogens is 2. The third-order valence-electron chi connectivity index (χ3n) is 5.12. The summed E-state index contributed by atoms with van der Waals surface area (Å²) < 4.78 is 0. The predicted octanol–water partition coefficient (Wildman–Crippen LogP) is -2.76. The minimum absolute atomic E-state index is 0. The molecule has 0 aromatic heterocycles.